The third-order valence-electron chi connectivity index (χ3n) is 6.77. The second kappa shape index (κ2) is 12.8. The minimum Gasteiger partial charge on any atom is -0.453 e. The van der Waals surface area contributed by atoms with E-state index in [0.717, 1.165) is 24.0 Å². The van der Waals surface area contributed by atoms with Gasteiger partial charge in [-0.1, -0.05) is 41.5 Å². The van der Waals surface area contributed by atoms with E-state index in [1.165, 1.54) is 12.1 Å². The highest BCUT2D eigenvalue weighted by atomic mass is 19.1. The number of nitrogens with one attached hydrogen (secondary N) is 2. The van der Waals surface area contributed by atoms with Gasteiger partial charge in [-0.3, -0.25) is 19.2 Å². The van der Waals surface area contributed by atoms with Crippen LogP contribution in [0.2, 0.25) is 0 Å². The Balaban J connectivity index is 2.28. The van der Waals surface area contributed by atoms with Gasteiger partial charge in [0.05, 0.1) is 16.8 Å². The summed E-state index contributed by atoms with van der Waals surface area (Å²) in [7, 11) is 3.61. The highest BCUT2D eigenvalue weighted by Crippen LogP contribution is 2.39. The maximum Gasteiger partial charge on any atom is 0.229 e. The van der Waals surface area contributed by atoms with Crippen LogP contribution in [-0.4, -0.2) is 49.8 Å². The SMILES string of the molecule is CC(=O)N(CCCN(C)C)c1c(F)c(NC(=O)C(C)(C)C)c2c(=O)cc(-c3ccc(NC(=O)C(C)(C)C)c(F)c3)oc2c1F. The van der Waals surface area contributed by atoms with Crippen LogP contribution in [0.4, 0.5) is 30.2 Å². The molecule has 3 aromatic rings. The van der Waals surface area contributed by atoms with Gasteiger partial charge in [0, 0.05) is 35.9 Å². The monoisotopic (exact) mass is 616 g/mol. The van der Waals surface area contributed by atoms with Crippen molar-refractivity contribution in [3.05, 3.63) is 51.9 Å². The van der Waals surface area contributed by atoms with E-state index in [9.17, 15) is 19.2 Å². The first-order valence-electron chi connectivity index (χ1n) is 14.1. The van der Waals surface area contributed by atoms with Gasteiger partial charge in [0.15, 0.2) is 22.6 Å². The number of halogens is 3. The molecule has 0 saturated carbocycles. The summed E-state index contributed by atoms with van der Waals surface area (Å²) in [6.07, 6.45) is 0.356. The number of nitrogens with zero attached hydrogens (tertiary/aromatic N) is 2. The lowest BCUT2D eigenvalue weighted by Gasteiger charge is -2.26. The van der Waals surface area contributed by atoms with Gasteiger partial charge in [-0.25, -0.2) is 13.2 Å². The average molecular weight is 617 g/mol. The molecule has 0 bridgehead atoms. The maximum atomic E-state index is 16.2. The summed E-state index contributed by atoms with van der Waals surface area (Å²) in [5.74, 6) is -5.52. The van der Waals surface area contributed by atoms with E-state index in [4.69, 9.17) is 4.42 Å². The number of rotatable bonds is 8. The topological polar surface area (TPSA) is 112 Å². The Bertz CT molecular complexity index is 1670. The van der Waals surface area contributed by atoms with Crippen molar-refractivity contribution in [2.24, 2.45) is 10.8 Å². The quantitative estimate of drug-likeness (QED) is 0.314. The van der Waals surface area contributed by atoms with Gasteiger partial charge in [0.1, 0.15) is 17.3 Å². The van der Waals surface area contributed by atoms with Crippen LogP contribution >= 0.6 is 0 Å². The number of carbonyl (C=O) groups excluding carboxylic acids is 3. The molecule has 0 radical (unpaired) electrons. The molecule has 2 N–H and O–H groups in total. The van der Waals surface area contributed by atoms with Crippen LogP contribution in [0.25, 0.3) is 22.3 Å². The fourth-order valence-corrected chi connectivity index (χ4v) is 4.17. The molecule has 0 aliphatic heterocycles. The predicted molar refractivity (Wildman–Crippen MR) is 165 cm³/mol. The average Bonchev–Trinajstić information content (AvgIpc) is 2.89. The molecule has 2 aromatic carbocycles. The third-order valence-corrected chi connectivity index (χ3v) is 6.77. The molecule has 0 aliphatic carbocycles. The predicted octanol–water partition coefficient (Wildman–Crippen LogP) is 6.15. The van der Waals surface area contributed by atoms with E-state index in [-0.39, 0.29) is 23.6 Å². The Kier molecular flexibility index (Phi) is 9.99. The number of fused-ring (bicyclic) bond motifs is 1. The van der Waals surface area contributed by atoms with Crippen molar-refractivity contribution < 1.29 is 32.0 Å². The summed E-state index contributed by atoms with van der Waals surface area (Å²) >= 11 is 0. The van der Waals surface area contributed by atoms with E-state index in [0.29, 0.717) is 13.0 Å². The van der Waals surface area contributed by atoms with E-state index in [1.807, 2.05) is 4.90 Å². The van der Waals surface area contributed by atoms with Gasteiger partial charge in [-0.05, 0) is 45.3 Å². The number of anilines is 3. The number of hydrogen-bond acceptors (Lipinski definition) is 6. The number of hydrogen-bond donors (Lipinski definition) is 2. The van der Waals surface area contributed by atoms with Crippen molar-refractivity contribution in [3.63, 3.8) is 0 Å². The van der Waals surface area contributed by atoms with E-state index in [2.05, 4.69) is 10.6 Å². The second-order valence-electron chi connectivity index (χ2n) is 13.0. The van der Waals surface area contributed by atoms with Gasteiger partial charge < -0.3 is 24.9 Å². The molecular weight excluding hydrogens is 577 g/mol. The fourth-order valence-electron chi connectivity index (χ4n) is 4.17. The van der Waals surface area contributed by atoms with Crippen LogP contribution < -0.4 is 21.0 Å². The first-order chi connectivity index (χ1) is 20.2. The van der Waals surface area contributed by atoms with Gasteiger partial charge in [0.25, 0.3) is 0 Å². The smallest absolute Gasteiger partial charge is 0.229 e. The molecule has 3 amide bonds. The molecule has 0 fully saturated rings. The van der Waals surface area contributed by atoms with Gasteiger partial charge >= 0.3 is 0 Å². The molecule has 0 aliphatic rings. The van der Waals surface area contributed by atoms with E-state index < -0.39 is 73.8 Å². The highest BCUT2D eigenvalue weighted by Gasteiger charge is 2.32. The maximum absolute atomic E-state index is 16.2. The molecule has 1 heterocycles. The zero-order valence-electron chi connectivity index (χ0n) is 26.5. The van der Waals surface area contributed by atoms with Crippen LogP contribution in [0.5, 0.6) is 0 Å². The molecule has 0 atom stereocenters. The largest absolute Gasteiger partial charge is 0.453 e. The minimum atomic E-state index is -1.33. The standard InChI is InChI=1S/C32H39F3N4O5/c1-17(40)39(14-10-13-38(8)9)27-24(34)26(37-30(43)32(5,6)7)23-21(41)16-22(44-28(23)25(27)35)18-11-12-20(19(33)15-18)36-29(42)31(2,3)4/h11-12,15-16H,10,13-14H2,1-9H3,(H,36,42)(H,37,43). The van der Waals surface area contributed by atoms with Crippen molar-refractivity contribution in [2.45, 2.75) is 54.9 Å². The normalized spacial score (nSPS) is 12.0. The zero-order valence-corrected chi connectivity index (χ0v) is 26.5. The Morgan fingerprint density at radius 2 is 1.45 bits per heavy atom. The Labute approximate surface area is 254 Å². The van der Waals surface area contributed by atoms with Crippen LogP contribution in [0.1, 0.15) is 54.9 Å². The number of carbonyl (C=O) groups is 3. The van der Waals surface area contributed by atoms with Crippen molar-refractivity contribution in [3.8, 4) is 11.3 Å². The van der Waals surface area contributed by atoms with Crippen LogP contribution in [0.3, 0.4) is 0 Å². The zero-order chi connectivity index (χ0) is 33.3. The molecule has 1 aromatic heterocycles. The summed E-state index contributed by atoms with van der Waals surface area (Å²) in [6.45, 7) is 11.3. The van der Waals surface area contributed by atoms with Crippen LogP contribution in [0.15, 0.2) is 33.5 Å². The van der Waals surface area contributed by atoms with E-state index >= 15 is 13.2 Å². The highest BCUT2D eigenvalue weighted by molar-refractivity contribution is 6.06. The fraction of sp³-hybridized carbons (Fsp3) is 0.438. The molecule has 3 rings (SSSR count). The van der Waals surface area contributed by atoms with E-state index in [1.54, 1.807) is 55.6 Å². The first kappa shape index (κ1) is 34.3. The third kappa shape index (κ3) is 7.47. The molecule has 0 spiro atoms. The summed E-state index contributed by atoms with van der Waals surface area (Å²) in [5, 5.41) is 4.29. The summed E-state index contributed by atoms with van der Waals surface area (Å²) < 4.78 is 53.2. The van der Waals surface area contributed by atoms with Crippen molar-refractivity contribution in [1.29, 1.82) is 0 Å². The Morgan fingerprint density at radius 1 is 0.864 bits per heavy atom. The van der Waals surface area contributed by atoms with Crippen molar-refractivity contribution >= 4 is 45.8 Å². The van der Waals surface area contributed by atoms with Crippen LogP contribution in [0, 0.1) is 28.3 Å². The molecule has 44 heavy (non-hydrogen) atoms. The minimum absolute atomic E-state index is 0.0233. The molecule has 0 saturated heterocycles. The number of benzene rings is 2. The molecule has 12 heteroatoms. The van der Waals surface area contributed by atoms with Gasteiger partial charge in [-0.2, -0.15) is 0 Å². The lowest BCUT2D eigenvalue weighted by Crippen LogP contribution is -2.34. The molecule has 238 valence electrons. The van der Waals surface area contributed by atoms with Crippen LogP contribution in [-0.2, 0) is 14.4 Å². The summed E-state index contributed by atoms with van der Waals surface area (Å²) in [6, 6.07) is 4.55. The second-order valence-corrected chi connectivity index (χ2v) is 13.0. The molecular formula is C32H39F3N4O5. The van der Waals surface area contributed by atoms with Gasteiger partial charge in [0.2, 0.25) is 17.7 Å². The lowest BCUT2D eigenvalue weighted by atomic mass is 9.95. The van der Waals surface area contributed by atoms with Crippen molar-refractivity contribution in [2.75, 3.05) is 42.7 Å². The lowest BCUT2D eigenvalue weighted by molar-refractivity contribution is -0.123. The Morgan fingerprint density at radius 3 is 1.98 bits per heavy atom. The molecule has 0 unspecified atom stereocenters. The summed E-state index contributed by atoms with van der Waals surface area (Å²) in [5.41, 5.74) is -4.98. The first-order valence-corrected chi connectivity index (χ1v) is 14.1. The number of amides is 3. The van der Waals surface area contributed by atoms with Gasteiger partial charge in [-0.15, -0.1) is 0 Å². The summed E-state index contributed by atoms with van der Waals surface area (Å²) in [4.78, 5) is 54.0. The Hall–Kier alpha value is -4.19. The van der Waals surface area contributed by atoms with Crippen molar-refractivity contribution in [1.82, 2.24) is 4.90 Å². The molecule has 9 nitrogen and oxygen atoms in total.